The molecule has 2 heterocycles. The zero-order valence-electron chi connectivity index (χ0n) is 16.5. The highest BCUT2D eigenvalue weighted by molar-refractivity contribution is 7.94. The summed E-state index contributed by atoms with van der Waals surface area (Å²) in [5.74, 6) is -0.341. The van der Waals surface area contributed by atoms with Crippen LogP contribution in [0.25, 0.3) is 0 Å². The van der Waals surface area contributed by atoms with E-state index < -0.39 is 15.9 Å². The third-order valence-electron chi connectivity index (χ3n) is 4.71. The SMILES string of the molecule is Cc1cc(NS(=O)(=O)c2nnc(NC(=O)c3ccccc3)s2)ccc1N1CCCC1=O. The van der Waals surface area contributed by atoms with E-state index >= 15 is 0 Å². The van der Waals surface area contributed by atoms with Crippen molar-refractivity contribution in [1.29, 1.82) is 0 Å². The summed E-state index contributed by atoms with van der Waals surface area (Å²) in [7, 11) is -3.99. The number of rotatable bonds is 6. The number of aryl methyl sites for hydroxylation is 1. The van der Waals surface area contributed by atoms with Gasteiger partial charge in [-0.25, -0.2) is 0 Å². The first-order chi connectivity index (χ1) is 14.8. The van der Waals surface area contributed by atoms with Crippen molar-refractivity contribution < 1.29 is 18.0 Å². The fraction of sp³-hybridized carbons (Fsp3) is 0.200. The zero-order chi connectivity index (χ0) is 22.0. The smallest absolute Gasteiger partial charge is 0.291 e. The van der Waals surface area contributed by atoms with Crippen molar-refractivity contribution in [3.05, 3.63) is 59.7 Å². The number of aromatic nitrogens is 2. The standard InChI is InChI=1S/C20H19N5O4S2/c1-13-12-15(9-10-16(13)25-11-5-8-17(25)26)24-31(28,29)20-23-22-19(30-20)21-18(27)14-6-3-2-4-7-14/h2-4,6-7,9-10,12,24H,5,8,11H2,1H3,(H,21,22,27). The van der Waals surface area contributed by atoms with Crippen molar-refractivity contribution in [2.45, 2.75) is 24.1 Å². The number of nitrogens with zero attached hydrogens (tertiary/aromatic N) is 3. The highest BCUT2D eigenvalue weighted by Crippen LogP contribution is 2.29. The first kappa shape index (κ1) is 20.9. The Morgan fingerprint density at radius 2 is 1.90 bits per heavy atom. The van der Waals surface area contributed by atoms with Crippen molar-refractivity contribution in [3.8, 4) is 0 Å². The van der Waals surface area contributed by atoms with Gasteiger partial charge in [0.15, 0.2) is 0 Å². The van der Waals surface area contributed by atoms with E-state index in [1.807, 2.05) is 6.92 Å². The fourth-order valence-electron chi connectivity index (χ4n) is 3.25. The van der Waals surface area contributed by atoms with Crippen LogP contribution in [0.1, 0.15) is 28.8 Å². The number of anilines is 3. The second-order valence-electron chi connectivity index (χ2n) is 6.95. The fourth-order valence-corrected chi connectivity index (χ4v) is 5.20. The summed E-state index contributed by atoms with van der Waals surface area (Å²) in [6, 6.07) is 13.5. The van der Waals surface area contributed by atoms with Crippen molar-refractivity contribution in [2.75, 3.05) is 21.5 Å². The van der Waals surface area contributed by atoms with Gasteiger partial charge >= 0.3 is 0 Å². The predicted molar refractivity (Wildman–Crippen MR) is 118 cm³/mol. The Bertz CT molecular complexity index is 1240. The summed E-state index contributed by atoms with van der Waals surface area (Å²) in [4.78, 5) is 25.9. The van der Waals surface area contributed by atoms with Crippen LogP contribution in [0.15, 0.2) is 52.9 Å². The molecule has 0 bridgehead atoms. The number of carbonyl (C=O) groups is 2. The van der Waals surface area contributed by atoms with Crippen LogP contribution in [0, 0.1) is 6.92 Å². The van der Waals surface area contributed by atoms with E-state index in [0.29, 0.717) is 24.2 Å². The maximum atomic E-state index is 12.7. The summed E-state index contributed by atoms with van der Waals surface area (Å²) in [6.45, 7) is 2.48. The molecule has 0 radical (unpaired) electrons. The van der Waals surface area contributed by atoms with Crippen LogP contribution >= 0.6 is 11.3 Å². The third kappa shape index (κ3) is 4.57. The first-order valence-corrected chi connectivity index (χ1v) is 11.8. The molecule has 0 saturated carbocycles. The minimum absolute atomic E-state index is 0.0652. The molecule has 0 atom stereocenters. The molecule has 2 aromatic carbocycles. The topological polar surface area (TPSA) is 121 Å². The molecule has 31 heavy (non-hydrogen) atoms. The molecule has 2 N–H and O–H groups in total. The van der Waals surface area contributed by atoms with Gasteiger partial charge in [0.2, 0.25) is 11.0 Å². The molecule has 1 aliphatic rings. The van der Waals surface area contributed by atoms with Crippen LogP contribution in [-0.4, -0.2) is 37.0 Å². The van der Waals surface area contributed by atoms with Gasteiger partial charge in [0, 0.05) is 29.9 Å². The molecule has 3 aromatic rings. The summed E-state index contributed by atoms with van der Waals surface area (Å²) in [6.07, 6.45) is 1.33. The van der Waals surface area contributed by atoms with Gasteiger partial charge in [-0.3, -0.25) is 19.6 Å². The molecule has 160 valence electrons. The van der Waals surface area contributed by atoms with Gasteiger partial charge in [-0.1, -0.05) is 29.5 Å². The van der Waals surface area contributed by atoms with Gasteiger partial charge in [0.25, 0.3) is 20.3 Å². The Balaban J connectivity index is 1.47. The van der Waals surface area contributed by atoms with Crippen molar-refractivity contribution in [1.82, 2.24) is 10.2 Å². The second kappa shape index (κ2) is 8.44. The van der Waals surface area contributed by atoms with Gasteiger partial charge in [0.05, 0.1) is 0 Å². The normalized spacial score (nSPS) is 14.0. The zero-order valence-corrected chi connectivity index (χ0v) is 18.2. The summed E-state index contributed by atoms with van der Waals surface area (Å²) < 4.78 is 27.6. The Morgan fingerprint density at radius 3 is 2.58 bits per heavy atom. The number of carbonyl (C=O) groups excluding carboxylic acids is 2. The van der Waals surface area contributed by atoms with Crippen LogP contribution in [0.3, 0.4) is 0 Å². The maximum absolute atomic E-state index is 12.7. The summed E-state index contributed by atoms with van der Waals surface area (Å²) >= 11 is 0.753. The van der Waals surface area contributed by atoms with Gasteiger partial charge < -0.3 is 4.90 Å². The monoisotopic (exact) mass is 457 g/mol. The number of benzene rings is 2. The first-order valence-electron chi connectivity index (χ1n) is 9.47. The van der Waals surface area contributed by atoms with E-state index in [2.05, 4.69) is 20.2 Å². The van der Waals surface area contributed by atoms with Crippen molar-refractivity contribution in [3.63, 3.8) is 0 Å². The van der Waals surface area contributed by atoms with Crippen LogP contribution in [0.2, 0.25) is 0 Å². The van der Waals surface area contributed by atoms with E-state index in [4.69, 9.17) is 0 Å². The molecule has 4 rings (SSSR count). The van der Waals surface area contributed by atoms with Gasteiger partial charge in [-0.15, -0.1) is 10.2 Å². The average molecular weight is 458 g/mol. The molecule has 9 nitrogen and oxygen atoms in total. The molecular weight excluding hydrogens is 438 g/mol. The second-order valence-corrected chi connectivity index (χ2v) is 9.78. The van der Waals surface area contributed by atoms with Crippen LogP contribution in [0.5, 0.6) is 0 Å². The summed E-state index contributed by atoms with van der Waals surface area (Å²) in [5.41, 5.74) is 2.32. The number of nitrogens with one attached hydrogen (secondary N) is 2. The van der Waals surface area contributed by atoms with Crippen LogP contribution in [0.4, 0.5) is 16.5 Å². The molecule has 0 spiro atoms. The maximum Gasteiger partial charge on any atom is 0.291 e. The molecule has 1 saturated heterocycles. The highest BCUT2D eigenvalue weighted by atomic mass is 32.2. The number of sulfonamides is 1. The molecule has 11 heteroatoms. The Hall–Kier alpha value is -3.31. The molecule has 1 aliphatic heterocycles. The number of hydrogen-bond acceptors (Lipinski definition) is 7. The molecular formula is C20H19N5O4S2. The van der Waals surface area contributed by atoms with Crippen molar-refractivity contribution in [2.24, 2.45) is 0 Å². The lowest BCUT2D eigenvalue weighted by Crippen LogP contribution is -2.24. The highest BCUT2D eigenvalue weighted by Gasteiger charge is 2.24. The van der Waals surface area contributed by atoms with E-state index in [1.165, 1.54) is 0 Å². The van der Waals surface area contributed by atoms with Crippen molar-refractivity contribution >= 4 is 49.7 Å². The molecule has 1 fully saturated rings. The third-order valence-corrected chi connectivity index (χ3v) is 7.29. The molecule has 0 aliphatic carbocycles. The molecule has 2 amide bonds. The lowest BCUT2D eigenvalue weighted by atomic mass is 10.1. The van der Waals surface area contributed by atoms with E-state index in [0.717, 1.165) is 29.0 Å². The minimum Gasteiger partial charge on any atom is -0.312 e. The largest absolute Gasteiger partial charge is 0.312 e. The quantitative estimate of drug-likeness (QED) is 0.549. The Labute approximate surface area is 183 Å². The molecule has 0 unspecified atom stereocenters. The van der Waals surface area contributed by atoms with Crippen LogP contribution < -0.4 is 14.9 Å². The van der Waals surface area contributed by atoms with Gasteiger partial charge in [0.1, 0.15) is 0 Å². The lowest BCUT2D eigenvalue weighted by molar-refractivity contribution is -0.117. The van der Waals surface area contributed by atoms with E-state index in [9.17, 15) is 18.0 Å². The average Bonchev–Trinajstić information content (AvgIpc) is 3.38. The minimum atomic E-state index is -3.99. The number of amides is 2. The van der Waals surface area contributed by atoms with Gasteiger partial charge in [-0.2, -0.15) is 8.42 Å². The summed E-state index contributed by atoms with van der Waals surface area (Å²) in [5, 5.41) is 10.1. The van der Waals surface area contributed by atoms with E-state index in [-0.39, 0.29) is 15.4 Å². The van der Waals surface area contributed by atoms with Crippen LogP contribution in [-0.2, 0) is 14.8 Å². The Morgan fingerprint density at radius 1 is 1.13 bits per heavy atom. The Kier molecular flexibility index (Phi) is 5.70. The molecule has 1 aromatic heterocycles. The predicted octanol–water partition coefficient (Wildman–Crippen LogP) is 3.03. The van der Waals surface area contributed by atoms with E-state index in [1.54, 1.807) is 53.4 Å². The lowest BCUT2D eigenvalue weighted by Gasteiger charge is -2.19. The van der Waals surface area contributed by atoms with Gasteiger partial charge in [-0.05, 0) is 49.2 Å². The number of hydrogen-bond donors (Lipinski definition) is 2.